The molecule has 2 aromatic rings. The lowest BCUT2D eigenvalue weighted by atomic mass is 10.1. The highest BCUT2D eigenvalue weighted by Gasteiger charge is 2.22. The molecular weight excluding hydrogens is 236 g/mol. The molecule has 0 amide bonds. The summed E-state index contributed by atoms with van der Waals surface area (Å²) in [6.45, 7) is 1.64. The molecule has 3 nitrogen and oxygen atoms in total. The van der Waals surface area contributed by atoms with Crippen molar-refractivity contribution in [1.29, 1.82) is 0 Å². The summed E-state index contributed by atoms with van der Waals surface area (Å²) in [6, 6.07) is 6.18. The molecule has 0 atom stereocenters. The van der Waals surface area contributed by atoms with Crippen molar-refractivity contribution in [2.75, 3.05) is 0 Å². The van der Waals surface area contributed by atoms with Gasteiger partial charge in [-0.2, -0.15) is 0 Å². The molecule has 1 fully saturated rings. The fourth-order valence-corrected chi connectivity index (χ4v) is 3.20. The number of benzene rings is 1. The highest BCUT2D eigenvalue weighted by molar-refractivity contribution is 5.82. The number of aryl methyl sites for hydroxylation is 1. The third kappa shape index (κ3) is 2.29. The zero-order valence-corrected chi connectivity index (χ0v) is 11.6. The van der Waals surface area contributed by atoms with Crippen molar-refractivity contribution in [3.8, 4) is 0 Å². The maximum Gasteiger partial charge on any atom is 0.134 e. The van der Waals surface area contributed by atoms with Crippen molar-refractivity contribution in [2.24, 2.45) is 7.05 Å². The van der Waals surface area contributed by atoms with E-state index in [1.165, 1.54) is 31.5 Å². The zero-order valence-electron chi connectivity index (χ0n) is 11.6. The van der Waals surface area contributed by atoms with Gasteiger partial charge in [0.25, 0.3) is 0 Å². The Balaban J connectivity index is 2.02. The van der Waals surface area contributed by atoms with Gasteiger partial charge >= 0.3 is 0 Å². The minimum Gasteiger partial charge on any atom is -0.331 e. The maximum absolute atomic E-state index is 11.2. The van der Waals surface area contributed by atoms with Crippen molar-refractivity contribution in [3.05, 3.63) is 29.6 Å². The van der Waals surface area contributed by atoms with Crippen molar-refractivity contribution in [2.45, 2.75) is 44.9 Å². The van der Waals surface area contributed by atoms with Crippen LogP contribution in [0.3, 0.4) is 0 Å². The van der Waals surface area contributed by atoms with E-state index >= 15 is 0 Å². The topological polar surface area (TPSA) is 34.9 Å². The van der Waals surface area contributed by atoms with Gasteiger partial charge in [-0.15, -0.1) is 0 Å². The van der Waals surface area contributed by atoms with Crippen LogP contribution >= 0.6 is 0 Å². The quantitative estimate of drug-likeness (QED) is 0.844. The smallest absolute Gasteiger partial charge is 0.134 e. The van der Waals surface area contributed by atoms with E-state index in [0.717, 1.165) is 16.6 Å². The second-order valence-corrected chi connectivity index (χ2v) is 5.71. The second-order valence-electron chi connectivity index (χ2n) is 5.71. The molecule has 3 heteroatoms. The molecule has 0 unspecified atom stereocenters. The number of fused-ring (bicyclic) bond motifs is 1. The molecule has 19 heavy (non-hydrogen) atoms. The second kappa shape index (κ2) is 4.80. The lowest BCUT2D eigenvalue weighted by molar-refractivity contribution is -0.116. The molecule has 0 N–H and O–H groups in total. The predicted molar refractivity (Wildman–Crippen MR) is 76.3 cm³/mol. The van der Waals surface area contributed by atoms with Gasteiger partial charge in [0, 0.05) is 19.4 Å². The Morgan fingerprint density at radius 3 is 2.79 bits per heavy atom. The van der Waals surface area contributed by atoms with Crippen molar-refractivity contribution >= 4 is 16.8 Å². The van der Waals surface area contributed by atoms with E-state index in [9.17, 15) is 4.79 Å². The number of nitrogens with zero attached hydrogens (tertiary/aromatic N) is 2. The highest BCUT2D eigenvalue weighted by Crippen LogP contribution is 2.34. The third-order valence-electron chi connectivity index (χ3n) is 4.15. The Kier molecular flexibility index (Phi) is 3.13. The molecule has 100 valence electrons. The molecule has 1 aromatic carbocycles. The third-order valence-corrected chi connectivity index (χ3v) is 4.15. The number of aromatic nitrogens is 2. The molecule has 1 heterocycles. The lowest BCUT2D eigenvalue weighted by Gasteiger charge is -2.08. The van der Waals surface area contributed by atoms with Gasteiger partial charge in [-0.25, -0.2) is 4.98 Å². The number of Topliss-reactive ketones (excluding diaryl/α,β-unsaturated/α-hetero) is 1. The Labute approximate surface area is 113 Å². The maximum atomic E-state index is 11.2. The van der Waals surface area contributed by atoms with Crippen LogP contribution in [-0.2, 0) is 18.3 Å². The molecule has 1 aliphatic carbocycles. The molecule has 0 radical (unpaired) electrons. The number of hydrogen-bond acceptors (Lipinski definition) is 2. The number of hydrogen-bond donors (Lipinski definition) is 0. The minimum atomic E-state index is 0.206. The molecule has 0 bridgehead atoms. The van der Waals surface area contributed by atoms with E-state index in [4.69, 9.17) is 4.98 Å². The molecule has 0 aliphatic heterocycles. The molecule has 1 aromatic heterocycles. The molecule has 3 rings (SSSR count). The van der Waals surface area contributed by atoms with Crippen molar-refractivity contribution in [3.63, 3.8) is 0 Å². The molecule has 0 saturated heterocycles. The van der Waals surface area contributed by atoms with Gasteiger partial charge in [0.05, 0.1) is 11.0 Å². The Hall–Kier alpha value is -1.64. The summed E-state index contributed by atoms with van der Waals surface area (Å²) < 4.78 is 2.22. The summed E-state index contributed by atoms with van der Waals surface area (Å²) in [4.78, 5) is 16.0. The minimum absolute atomic E-state index is 0.206. The van der Waals surface area contributed by atoms with Crippen LogP contribution in [0.1, 0.15) is 49.9 Å². The van der Waals surface area contributed by atoms with E-state index in [1.54, 1.807) is 6.92 Å². The normalized spacial score (nSPS) is 16.3. The Bertz CT molecular complexity index is 621. The molecule has 1 saturated carbocycles. The summed E-state index contributed by atoms with van der Waals surface area (Å²) in [5.74, 6) is 2.04. The van der Waals surface area contributed by atoms with Crippen LogP contribution in [0.4, 0.5) is 0 Å². The van der Waals surface area contributed by atoms with Gasteiger partial charge in [0.1, 0.15) is 11.6 Å². The first-order valence-electron chi connectivity index (χ1n) is 7.10. The fourth-order valence-electron chi connectivity index (χ4n) is 3.20. The van der Waals surface area contributed by atoms with Crippen LogP contribution < -0.4 is 0 Å². The van der Waals surface area contributed by atoms with Gasteiger partial charge < -0.3 is 4.57 Å². The Morgan fingerprint density at radius 1 is 1.37 bits per heavy atom. The number of carbonyl (C=O) groups is 1. The standard InChI is InChI=1S/C16H20N2O/c1-11(19)9-12-7-8-14-15(10-12)18(2)16(17-14)13-5-3-4-6-13/h7-8,10,13H,3-6,9H2,1-2H3. The van der Waals surface area contributed by atoms with Crippen LogP contribution in [0, 0.1) is 0 Å². The highest BCUT2D eigenvalue weighted by atomic mass is 16.1. The summed E-state index contributed by atoms with van der Waals surface area (Å²) >= 11 is 0. The van der Waals surface area contributed by atoms with Crippen molar-refractivity contribution in [1.82, 2.24) is 9.55 Å². The first-order valence-corrected chi connectivity index (χ1v) is 7.10. The van der Waals surface area contributed by atoms with Crippen molar-refractivity contribution < 1.29 is 4.79 Å². The van der Waals surface area contributed by atoms with E-state index < -0.39 is 0 Å². The van der Waals surface area contributed by atoms with Crippen LogP contribution in [0.5, 0.6) is 0 Å². The number of imidazole rings is 1. The van der Waals surface area contributed by atoms with Crippen LogP contribution in [0.25, 0.3) is 11.0 Å². The number of carbonyl (C=O) groups excluding carboxylic acids is 1. The zero-order chi connectivity index (χ0) is 13.4. The summed E-state index contributed by atoms with van der Waals surface area (Å²) in [5, 5.41) is 0. The molecular formula is C16H20N2O. The van der Waals surface area contributed by atoms with E-state index in [1.807, 2.05) is 12.1 Å². The van der Waals surface area contributed by atoms with Crippen LogP contribution in [0.2, 0.25) is 0 Å². The molecule has 1 aliphatic rings. The van der Waals surface area contributed by atoms with Gasteiger partial charge in [0.2, 0.25) is 0 Å². The largest absolute Gasteiger partial charge is 0.331 e. The summed E-state index contributed by atoms with van der Waals surface area (Å²) in [5.41, 5.74) is 3.29. The van der Waals surface area contributed by atoms with Gasteiger partial charge in [0.15, 0.2) is 0 Å². The van der Waals surface area contributed by atoms with Gasteiger partial charge in [-0.1, -0.05) is 18.9 Å². The first kappa shape index (κ1) is 12.4. The van der Waals surface area contributed by atoms with E-state index in [0.29, 0.717) is 12.3 Å². The SMILES string of the molecule is CC(=O)Cc1ccc2nc(C3CCCC3)n(C)c2c1. The summed E-state index contributed by atoms with van der Waals surface area (Å²) in [7, 11) is 2.10. The first-order chi connectivity index (χ1) is 9.15. The van der Waals surface area contributed by atoms with Gasteiger partial charge in [-0.3, -0.25) is 4.79 Å². The monoisotopic (exact) mass is 256 g/mol. The number of ketones is 1. The van der Waals surface area contributed by atoms with Crippen LogP contribution in [-0.4, -0.2) is 15.3 Å². The average molecular weight is 256 g/mol. The Morgan fingerprint density at radius 2 is 2.11 bits per heavy atom. The summed E-state index contributed by atoms with van der Waals surface area (Å²) in [6.07, 6.45) is 5.68. The van der Waals surface area contributed by atoms with E-state index in [2.05, 4.69) is 17.7 Å². The lowest BCUT2D eigenvalue weighted by Crippen LogP contribution is -2.02. The molecule has 0 spiro atoms. The number of rotatable bonds is 3. The van der Waals surface area contributed by atoms with Crippen LogP contribution in [0.15, 0.2) is 18.2 Å². The van der Waals surface area contributed by atoms with Gasteiger partial charge in [-0.05, 0) is 37.5 Å². The average Bonchev–Trinajstić information content (AvgIpc) is 2.97. The fraction of sp³-hybridized carbons (Fsp3) is 0.500. The predicted octanol–water partition coefficient (Wildman–Crippen LogP) is 3.36. The van der Waals surface area contributed by atoms with E-state index in [-0.39, 0.29) is 5.78 Å².